The Bertz CT molecular complexity index is 423. The van der Waals surface area contributed by atoms with E-state index in [1.807, 2.05) is 25.1 Å². The number of nitrogens with zero attached hydrogens (tertiary/aromatic N) is 1. The molecule has 0 saturated carbocycles. The number of hydrogen-bond acceptors (Lipinski definition) is 3. The summed E-state index contributed by atoms with van der Waals surface area (Å²) in [6.07, 6.45) is 1.42. The maximum absolute atomic E-state index is 9.82. The van der Waals surface area contributed by atoms with Crippen LogP contribution in [0.4, 0.5) is 0 Å². The fourth-order valence-corrected chi connectivity index (χ4v) is 1.49. The number of aromatic nitrogens is 1. The lowest BCUT2D eigenvalue weighted by Gasteiger charge is -2.07. The number of aliphatic hydroxyl groups excluding tert-OH is 1. The third kappa shape index (κ3) is 2.44. The van der Waals surface area contributed by atoms with Gasteiger partial charge in [-0.05, 0) is 31.2 Å². The van der Waals surface area contributed by atoms with Crippen LogP contribution in [0, 0.1) is 6.92 Å². The molecule has 3 nitrogen and oxygen atoms in total. The molecule has 0 fully saturated rings. The Kier molecular flexibility index (Phi) is 2.83. The average Bonchev–Trinajstić information content (AvgIpc) is 2.70. The Morgan fingerprint density at radius 1 is 1.33 bits per heavy atom. The van der Waals surface area contributed by atoms with Gasteiger partial charge in [-0.1, -0.05) is 6.07 Å². The second-order valence-electron chi connectivity index (χ2n) is 3.51. The molecule has 0 spiro atoms. The highest BCUT2D eigenvalue weighted by atomic mass is 16.4. The molecular weight excluding hydrogens is 190 g/mol. The normalized spacial score (nSPS) is 12.7. The Labute approximate surface area is 88.4 Å². The van der Waals surface area contributed by atoms with Crippen LogP contribution in [-0.4, -0.2) is 10.1 Å². The van der Waals surface area contributed by atoms with E-state index in [9.17, 15) is 5.11 Å². The highest BCUT2D eigenvalue weighted by molar-refractivity contribution is 5.13. The van der Waals surface area contributed by atoms with E-state index < -0.39 is 6.10 Å². The zero-order valence-electron chi connectivity index (χ0n) is 8.55. The minimum absolute atomic E-state index is 0.481. The summed E-state index contributed by atoms with van der Waals surface area (Å²) in [7, 11) is 0. The molecule has 2 rings (SSSR count). The van der Waals surface area contributed by atoms with Gasteiger partial charge in [0.15, 0.2) is 0 Å². The Balaban J connectivity index is 2.09. The summed E-state index contributed by atoms with van der Waals surface area (Å²) in [5, 5.41) is 9.82. The van der Waals surface area contributed by atoms with E-state index in [-0.39, 0.29) is 0 Å². The second kappa shape index (κ2) is 4.28. The highest BCUT2D eigenvalue weighted by Gasteiger charge is 2.11. The van der Waals surface area contributed by atoms with Crippen molar-refractivity contribution in [3.05, 3.63) is 53.7 Å². The van der Waals surface area contributed by atoms with Crippen LogP contribution in [0.2, 0.25) is 0 Å². The topological polar surface area (TPSA) is 46.3 Å². The maximum atomic E-state index is 9.82. The lowest BCUT2D eigenvalue weighted by atomic mass is 10.1. The van der Waals surface area contributed by atoms with Gasteiger partial charge < -0.3 is 9.52 Å². The fourth-order valence-electron chi connectivity index (χ4n) is 1.49. The van der Waals surface area contributed by atoms with Crippen molar-refractivity contribution in [2.75, 3.05) is 0 Å². The molecule has 1 unspecified atom stereocenters. The molecule has 0 bridgehead atoms. The molecule has 1 N–H and O–H groups in total. The molecule has 0 saturated heterocycles. The third-order valence-electron chi connectivity index (χ3n) is 2.22. The van der Waals surface area contributed by atoms with Crippen LogP contribution in [0.1, 0.15) is 23.3 Å². The summed E-state index contributed by atoms with van der Waals surface area (Å²) < 4.78 is 5.12. The average molecular weight is 203 g/mol. The van der Waals surface area contributed by atoms with E-state index >= 15 is 0 Å². The van der Waals surface area contributed by atoms with E-state index in [1.54, 1.807) is 18.4 Å². The third-order valence-corrected chi connectivity index (χ3v) is 2.22. The van der Waals surface area contributed by atoms with Crippen LogP contribution in [-0.2, 0) is 6.42 Å². The summed E-state index contributed by atoms with van der Waals surface area (Å²) in [5.74, 6) is 0.582. The number of pyridine rings is 1. The second-order valence-corrected chi connectivity index (χ2v) is 3.51. The van der Waals surface area contributed by atoms with Gasteiger partial charge in [-0.25, -0.2) is 0 Å². The van der Waals surface area contributed by atoms with Crippen molar-refractivity contribution in [1.29, 1.82) is 0 Å². The molecule has 1 atom stereocenters. The van der Waals surface area contributed by atoms with E-state index in [4.69, 9.17) is 4.42 Å². The standard InChI is InChI=1S/C12H13NO2/c1-9-4-2-5-10(13-9)8-11(14)12-6-3-7-15-12/h2-7,11,14H,8H2,1H3. The van der Waals surface area contributed by atoms with Crippen molar-refractivity contribution >= 4 is 0 Å². The summed E-state index contributed by atoms with van der Waals surface area (Å²) in [6.45, 7) is 1.93. The highest BCUT2D eigenvalue weighted by Crippen LogP contribution is 2.17. The molecule has 3 heteroatoms. The Morgan fingerprint density at radius 2 is 2.20 bits per heavy atom. The number of hydrogen-bond donors (Lipinski definition) is 1. The van der Waals surface area contributed by atoms with E-state index in [0.29, 0.717) is 12.2 Å². The molecule has 0 aliphatic carbocycles. The predicted octanol–water partition coefficient (Wildman–Crippen LogP) is 2.26. The molecular formula is C12H13NO2. The van der Waals surface area contributed by atoms with Crippen molar-refractivity contribution in [2.45, 2.75) is 19.4 Å². The Hall–Kier alpha value is -1.61. The fraction of sp³-hybridized carbons (Fsp3) is 0.250. The van der Waals surface area contributed by atoms with Gasteiger partial charge in [0.25, 0.3) is 0 Å². The van der Waals surface area contributed by atoms with Crippen LogP contribution in [0.3, 0.4) is 0 Å². The first-order valence-electron chi connectivity index (χ1n) is 4.90. The molecule has 2 aromatic rings. The summed E-state index contributed by atoms with van der Waals surface area (Å²) in [5.41, 5.74) is 1.83. The van der Waals surface area contributed by atoms with E-state index in [1.165, 1.54) is 0 Å². The van der Waals surface area contributed by atoms with E-state index in [0.717, 1.165) is 11.4 Å². The number of aliphatic hydroxyl groups is 1. The van der Waals surface area contributed by atoms with Crippen LogP contribution in [0.5, 0.6) is 0 Å². The van der Waals surface area contributed by atoms with E-state index in [2.05, 4.69) is 4.98 Å². The number of aryl methyl sites for hydroxylation is 1. The van der Waals surface area contributed by atoms with Gasteiger partial charge in [0, 0.05) is 17.8 Å². The molecule has 15 heavy (non-hydrogen) atoms. The Morgan fingerprint density at radius 3 is 2.87 bits per heavy atom. The monoisotopic (exact) mass is 203 g/mol. The first-order valence-corrected chi connectivity index (χ1v) is 4.90. The van der Waals surface area contributed by atoms with Crippen LogP contribution >= 0.6 is 0 Å². The van der Waals surface area contributed by atoms with Gasteiger partial charge in [-0.3, -0.25) is 4.98 Å². The summed E-state index contributed by atoms with van der Waals surface area (Å²) >= 11 is 0. The van der Waals surface area contributed by atoms with Gasteiger partial charge in [-0.2, -0.15) is 0 Å². The van der Waals surface area contributed by atoms with Gasteiger partial charge in [0.1, 0.15) is 11.9 Å². The van der Waals surface area contributed by atoms with Crippen LogP contribution < -0.4 is 0 Å². The van der Waals surface area contributed by atoms with Crippen molar-refractivity contribution in [2.24, 2.45) is 0 Å². The molecule has 0 aliphatic heterocycles. The number of furan rings is 1. The SMILES string of the molecule is Cc1cccc(CC(O)c2ccco2)n1. The molecule has 0 amide bonds. The van der Waals surface area contributed by atoms with Crippen LogP contribution in [0.15, 0.2) is 41.0 Å². The molecule has 0 radical (unpaired) electrons. The largest absolute Gasteiger partial charge is 0.467 e. The maximum Gasteiger partial charge on any atom is 0.132 e. The molecule has 78 valence electrons. The lowest BCUT2D eigenvalue weighted by Crippen LogP contribution is -2.02. The van der Waals surface area contributed by atoms with Gasteiger partial charge in [0.2, 0.25) is 0 Å². The minimum Gasteiger partial charge on any atom is -0.467 e. The summed E-state index contributed by atoms with van der Waals surface area (Å²) in [4.78, 5) is 4.32. The predicted molar refractivity (Wildman–Crippen MR) is 56.3 cm³/mol. The van der Waals surface area contributed by atoms with Gasteiger partial charge in [0.05, 0.1) is 6.26 Å². The molecule has 2 aromatic heterocycles. The first-order chi connectivity index (χ1) is 7.25. The zero-order valence-corrected chi connectivity index (χ0v) is 8.55. The van der Waals surface area contributed by atoms with Crippen molar-refractivity contribution in [3.8, 4) is 0 Å². The summed E-state index contributed by atoms with van der Waals surface area (Å²) in [6, 6.07) is 9.30. The lowest BCUT2D eigenvalue weighted by molar-refractivity contribution is 0.149. The quantitative estimate of drug-likeness (QED) is 0.832. The van der Waals surface area contributed by atoms with Crippen molar-refractivity contribution in [3.63, 3.8) is 0 Å². The van der Waals surface area contributed by atoms with Gasteiger partial charge in [-0.15, -0.1) is 0 Å². The number of rotatable bonds is 3. The molecule has 0 aliphatic rings. The van der Waals surface area contributed by atoms with Gasteiger partial charge >= 0.3 is 0 Å². The zero-order chi connectivity index (χ0) is 10.7. The van der Waals surface area contributed by atoms with Crippen LogP contribution in [0.25, 0.3) is 0 Å². The molecule has 0 aromatic carbocycles. The smallest absolute Gasteiger partial charge is 0.132 e. The first kappa shape index (κ1) is 9.93. The van der Waals surface area contributed by atoms with Crippen molar-refractivity contribution in [1.82, 2.24) is 4.98 Å². The minimum atomic E-state index is -0.616. The van der Waals surface area contributed by atoms with Crippen molar-refractivity contribution < 1.29 is 9.52 Å². The molecule has 2 heterocycles.